The van der Waals surface area contributed by atoms with Crippen molar-refractivity contribution in [1.82, 2.24) is 20.3 Å². The summed E-state index contributed by atoms with van der Waals surface area (Å²) < 4.78 is 40.5. The molecule has 0 bridgehead atoms. The average Bonchev–Trinajstić information content (AvgIpc) is 3.08. The summed E-state index contributed by atoms with van der Waals surface area (Å²) in [6.45, 7) is 3.63. The fourth-order valence-electron chi connectivity index (χ4n) is 2.79. The smallest absolute Gasteiger partial charge is 0.346 e. The minimum atomic E-state index is -4.48. The minimum absolute atomic E-state index is 0.0138. The Bertz CT molecular complexity index is 959. The van der Waals surface area contributed by atoms with Crippen LogP contribution in [-0.2, 0) is 12.7 Å². The Morgan fingerprint density at radius 3 is 2.44 bits per heavy atom. The molecule has 140 valence electrons. The SMILES string of the molecule is Cc1cc(C)cc(-n2cc(C(=O)NCc3ccccc3C(F)(F)F)nn2)c1. The van der Waals surface area contributed by atoms with Crippen LogP contribution in [0.25, 0.3) is 5.69 Å². The van der Waals surface area contributed by atoms with Crippen LogP contribution >= 0.6 is 0 Å². The largest absolute Gasteiger partial charge is 0.416 e. The Morgan fingerprint density at radius 1 is 1.11 bits per heavy atom. The number of hydrogen-bond acceptors (Lipinski definition) is 3. The molecule has 0 spiro atoms. The van der Waals surface area contributed by atoms with Crippen molar-refractivity contribution in [3.05, 3.63) is 76.6 Å². The molecule has 1 heterocycles. The maximum absolute atomic E-state index is 13.0. The first-order valence-electron chi connectivity index (χ1n) is 8.18. The highest BCUT2D eigenvalue weighted by Crippen LogP contribution is 2.31. The summed E-state index contributed by atoms with van der Waals surface area (Å²) >= 11 is 0. The standard InChI is InChI=1S/C19H17F3N4O/c1-12-7-13(2)9-15(8-12)26-11-17(24-25-26)18(27)23-10-14-5-3-4-6-16(14)19(20,21)22/h3-9,11H,10H2,1-2H3,(H,23,27). The van der Waals surface area contributed by atoms with Crippen LogP contribution in [-0.4, -0.2) is 20.9 Å². The third-order valence-corrected chi connectivity index (χ3v) is 3.96. The van der Waals surface area contributed by atoms with Crippen molar-refractivity contribution in [1.29, 1.82) is 0 Å². The number of hydrogen-bond donors (Lipinski definition) is 1. The average molecular weight is 374 g/mol. The van der Waals surface area contributed by atoms with Crippen molar-refractivity contribution in [3.8, 4) is 5.69 Å². The fraction of sp³-hybridized carbons (Fsp3) is 0.211. The molecule has 0 fully saturated rings. The Balaban J connectivity index is 1.74. The van der Waals surface area contributed by atoms with Gasteiger partial charge in [-0.3, -0.25) is 4.79 Å². The van der Waals surface area contributed by atoms with Crippen LogP contribution in [0.2, 0.25) is 0 Å². The molecule has 5 nitrogen and oxygen atoms in total. The van der Waals surface area contributed by atoms with Crippen LogP contribution in [0.5, 0.6) is 0 Å². The number of alkyl halides is 3. The molecule has 0 aliphatic rings. The topological polar surface area (TPSA) is 59.8 Å². The number of aryl methyl sites for hydroxylation is 2. The van der Waals surface area contributed by atoms with Gasteiger partial charge < -0.3 is 5.32 Å². The van der Waals surface area contributed by atoms with Crippen molar-refractivity contribution in [3.63, 3.8) is 0 Å². The van der Waals surface area contributed by atoms with Crippen molar-refractivity contribution in [2.45, 2.75) is 26.6 Å². The van der Waals surface area contributed by atoms with Crippen molar-refractivity contribution in [2.24, 2.45) is 0 Å². The van der Waals surface area contributed by atoms with E-state index in [0.717, 1.165) is 22.9 Å². The van der Waals surface area contributed by atoms with Crippen LogP contribution in [0.1, 0.15) is 32.7 Å². The fourth-order valence-corrected chi connectivity index (χ4v) is 2.79. The molecule has 0 radical (unpaired) electrons. The summed E-state index contributed by atoms with van der Waals surface area (Å²) in [5.41, 5.74) is 2.06. The van der Waals surface area contributed by atoms with E-state index in [2.05, 4.69) is 15.6 Å². The summed E-state index contributed by atoms with van der Waals surface area (Å²) in [5, 5.41) is 10.2. The number of amides is 1. The highest BCUT2D eigenvalue weighted by Gasteiger charge is 2.32. The number of nitrogens with one attached hydrogen (secondary N) is 1. The number of benzene rings is 2. The zero-order valence-corrected chi connectivity index (χ0v) is 14.7. The second-order valence-corrected chi connectivity index (χ2v) is 6.23. The zero-order chi connectivity index (χ0) is 19.6. The molecule has 0 saturated heterocycles. The van der Waals surface area contributed by atoms with Gasteiger partial charge >= 0.3 is 6.18 Å². The first-order valence-corrected chi connectivity index (χ1v) is 8.18. The number of rotatable bonds is 4. The van der Waals surface area contributed by atoms with Gasteiger partial charge in [0.25, 0.3) is 5.91 Å². The summed E-state index contributed by atoms with van der Waals surface area (Å²) in [5.74, 6) is -0.595. The van der Waals surface area contributed by atoms with E-state index >= 15 is 0 Å². The number of halogens is 3. The van der Waals surface area contributed by atoms with Crippen molar-refractivity contribution < 1.29 is 18.0 Å². The second kappa shape index (κ2) is 7.22. The molecule has 1 N–H and O–H groups in total. The van der Waals surface area contributed by atoms with Crippen molar-refractivity contribution >= 4 is 5.91 Å². The maximum atomic E-state index is 13.0. The van der Waals surface area contributed by atoms with Crippen molar-refractivity contribution in [2.75, 3.05) is 0 Å². The van der Waals surface area contributed by atoms with Crippen LogP contribution in [0.4, 0.5) is 13.2 Å². The molecule has 0 saturated carbocycles. The lowest BCUT2D eigenvalue weighted by Crippen LogP contribution is -2.24. The van der Waals surface area contributed by atoms with Gasteiger partial charge in [-0.2, -0.15) is 13.2 Å². The lowest BCUT2D eigenvalue weighted by molar-refractivity contribution is -0.138. The molecule has 0 atom stereocenters. The van der Waals surface area contributed by atoms with Crippen LogP contribution in [0.3, 0.4) is 0 Å². The number of nitrogens with zero attached hydrogens (tertiary/aromatic N) is 3. The molecule has 2 aromatic carbocycles. The first-order chi connectivity index (χ1) is 12.7. The Morgan fingerprint density at radius 2 is 1.78 bits per heavy atom. The Kier molecular flexibility index (Phi) is 4.98. The van der Waals surface area contributed by atoms with Gasteiger partial charge in [-0.25, -0.2) is 4.68 Å². The molecular weight excluding hydrogens is 357 g/mol. The van der Waals surface area contributed by atoms with Gasteiger partial charge in [0.15, 0.2) is 5.69 Å². The van der Waals surface area contributed by atoms with Gasteiger partial charge in [-0.1, -0.05) is 29.5 Å². The third kappa shape index (κ3) is 4.33. The van der Waals surface area contributed by atoms with E-state index in [1.807, 2.05) is 32.0 Å². The molecule has 3 aromatic rings. The molecule has 0 unspecified atom stereocenters. The number of aromatic nitrogens is 3. The van der Waals surface area contributed by atoms with E-state index in [9.17, 15) is 18.0 Å². The minimum Gasteiger partial charge on any atom is -0.346 e. The predicted molar refractivity (Wildman–Crippen MR) is 93.4 cm³/mol. The molecule has 0 aliphatic heterocycles. The summed E-state index contributed by atoms with van der Waals surface area (Å²) in [6.07, 6.45) is -3.04. The Hall–Kier alpha value is -3.16. The molecule has 8 heteroatoms. The molecule has 3 rings (SSSR count). The highest BCUT2D eigenvalue weighted by molar-refractivity contribution is 5.91. The van der Waals surface area contributed by atoms with Gasteiger partial charge in [0.05, 0.1) is 17.4 Å². The van der Waals surface area contributed by atoms with E-state index in [4.69, 9.17) is 0 Å². The first kappa shape index (κ1) is 18.6. The lowest BCUT2D eigenvalue weighted by Gasteiger charge is -2.12. The second-order valence-electron chi connectivity index (χ2n) is 6.23. The summed E-state index contributed by atoms with van der Waals surface area (Å²) in [7, 11) is 0. The monoisotopic (exact) mass is 374 g/mol. The van der Waals surface area contributed by atoms with Gasteiger partial charge in [-0.15, -0.1) is 5.10 Å². The normalized spacial score (nSPS) is 11.4. The molecule has 1 amide bonds. The maximum Gasteiger partial charge on any atom is 0.416 e. The van der Waals surface area contributed by atoms with E-state index in [1.54, 1.807) is 0 Å². The van der Waals surface area contributed by atoms with E-state index in [-0.39, 0.29) is 17.8 Å². The summed E-state index contributed by atoms with van der Waals surface area (Å²) in [6, 6.07) is 10.9. The Labute approximate surface area is 153 Å². The quantitative estimate of drug-likeness (QED) is 0.755. The lowest BCUT2D eigenvalue weighted by atomic mass is 10.1. The zero-order valence-electron chi connectivity index (χ0n) is 14.7. The third-order valence-electron chi connectivity index (χ3n) is 3.96. The van der Waals surface area contributed by atoms with Crippen LogP contribution in [0, 0.1) is 13.8 Å². The highest BCUT2D eigenvalue weighted by atomic mass is 19.4. The van der Waals surface area contributed by atoms with Gasteiger partial charge in [0, 0.05) is 6.54 Å². The van der Waals surface area contributed by atoms with E-state index in [0.29, 0.717) is 0 Å². The molecule has 27 heavy (non-hydrogen) atoms. The molecule has 0 aliphatic carbocycles. The molecular formula is C19H17F3N4O. The predicted octanol–water partition coefficient (Wildman–Crippen LogP) is 3.83. The summed E-state index contributed by atoms with van der Waals surface area (Å²) in [4.78, 5) is 12.2. The molecule has 1 aromatic heterocycles. The number of carbonyl (C=O) groups excluding carboxylic acids is 1. The van der Waals surface area contributed by atoms with Gasteiger partial charge in [-0.05, 0) is 48.7 Å². The van der Waals surface area contributed by atoms with Crippen LogP contribution in [0.15, 0.2) is 48.7 Å². The van der Waals surface area contributed by atoms with E-state index < -0.39 is 17.6 Å². The number of carbonyl (C=O) groups is 1. The van der Waals surface area contributed by atoms with Crippen LogP contribution < -0.4 is 5.32 Å². The van der Waals surface area contributed by atoms with E-state index in [1.165, 1.54) is 29.1 Å². The van der Waals surface area contributed by atoms with Gasteiger partial charge in [0.1, 0.15) is 0 Å². The van der Waals surface area contributed by atoms with Gasteiger partial charge in [0.2, 0.25) is 0 Å².